The predicted octanol–water partition coefficient (Wildman–Crippen LogP) is 1.95. The number of carbonyl (C=O) groups is 1. The van der Waals surface area contributed by atoms with E-state index in [4.69, 9.17) is 4.74 Å². The Kier molecular flexibility index (Phi) is 5.56. The van der Waals surface area contributed by atoms with Crippen LogP contribution in [0.3, 0.4) is 0 Å². The van der Waals surface area contributed by atoms with Crippen molar-refractivity contribution in [2.75, 3.05) is 32.7 Å². The average Bonchev–Trinajstić information content (AvgIpc) is 2.46. The van der Waals surface area contributed by atoms with Crippen LogP contribution in [-0.2, 0) is 0 Å². The smallest absolute Gasteiger partial charge is 0.164 e. The van der Waals surface area contributed by atoms with Gasteiger partial charge in [0.25, 0.3) is 0 Å². The fourth-order valence-electron chi connectivity index (χ4n) is 2.33. The van der Waals surface area contributed by atoms with Crippen molar-refractivity contribution >= 4 is 5.78 Å². The minimum Gasteiger partial charge on any atom is -0.491 e. The summed E-state index contributed by atoms with van der Waals surface area (Å²) in [6, 6.07) is 7.46. The van der Waals surface area contributed by atoms with Gasteiger partial charge in [0.2, 0.25) is 0 Å². The van der Waals surface area contributed by atoms with Crippen molar-refractivity contribution in [3.05, 3.63) is 29.8 Å². The number of carbonyl (C=O) groups excluding carboxylic acids is 1. The summed E-state index contributed by atoms with van der Waals surface area (Å²) in [5.74, 6) is 1.03. The molecule has 0 bridgehead atoms. The minimum atomic E-state index is 0.157. The van der Waals surface area contributed by atoms with E-state index in [1.54, 1.807) is 0 Å². The van der Waals surface area contributed by atoms with Crippen molar-refractivity contribution in [3.63, 3.8) is 0 Å². The highest BCUT2D eigenvalue weighted by Crippen LogP contribution is 2.15. The number of hydrogen-bond donors (Lipinski definition) is 1. The Balaban J connectivity index is 1.82. The lowest BCUT2D eigenvalue weighted by molar-refractivity contribution is 0.0960. The number of hydrogen-bond acceptors (Lipinski definition) is 4. The third-order valence-electron chi connectivity index (χ3n) is 3.41. The molecule has 1 aromatic carbocycles. The molecule has 1 aromatic rings. The van der Waals surface area contributed by atoms with E-state index >= 15 is 0 Å². The van der Waals surface area contributed by atoms with Crippen LogP contribution in [0.1, 0.15) is 30.6 Å². The van der Waals surface area contributed by atoms with Crippen LogP contribution in [-0.4, -0.2) is 49.5 Å². The van der Waals surface area contributed by atoms with Gasteiger partial charge in [-0.2, -0.15) is 0 Å². The first-order valence-electron chi connectivity index (χ1n) is 7.38. The maximum absolute atomic E-state index is 12.1. The zero-order chi connectivity index (χ0) is 14.4. The van der Waals surface area contributed by atoms with Gasteiger partial charge in [0.05, 0.1) is 6.10 Å². The van der Waals surface area contributed by atoms with E-state index in [2.05, 4.69) is 10.2 Å². The Bertz CT molecular complexity index is 423. The van der Waals surface area contributed by atoms with Crippen LogP contribution in [0.15, 0.2) is 24.3 Å². The average molecular weight is 276 g/mol. The van der Waals surface area contributed by atoms with Crippen LogP contribution in [0.4, 0.5) is 0 Å². The molecule has 1 N–H and O–H groups in total. The fraction of sp³-hybridized carbons (Fsp3) is 0.562. The number of nitrogens with one attached hydrogen (secondary N) is 1. The monoisotopic (exact) mass is 276 g/mol. The topological polar surface area (TPSA) is 41.6 Å². The highest BCUT2D eigenvalue weighted by Gasteiger charge is 2.12. The maximum atomic E-state index is 12.1. The van der Waals surface area contributed by atoms with E-state index in [0.29, 0.717) is 6.42 Å². The first-order chi connectivity index (χ1) is 9.65. The lowest BCUT2D eigenvalue weighted by Crippen LogP contribution is -2.44. The maximum Gasteiger partial charge on any atom is 0.164 e. The number of rotatable bonds is 6. The van der Waals surface area contributed by atoms with Crippen molar-refractivity contribution in [3.8, 4) is 5.75 Å². The molecule has 0 aliphatic carbocycles. The van der Waals surface area contributed by atoms with Crippen LogP contribution in [0.5, 0.6) is 5.75 Å². The summed E-state index contributed by atoms with van der Waals surface area (Å²) in [6.07, 6.45) is 0.744. The molecule has 1 aliphatic rings. The highest BCUT2D eigenvalue weighted by atomic mass is 16.5. The molecule has 4 heteroatoms. The van der Waals surface area contributed by atoms with E-state index in [9.17, 15) is 4.79 Å². The molecule has 0 amide bonds. The van der Waals surface area contributed by atoms with E-state index in [1.807, 2.05) is 38.1 Å². The molecule has 1 fully saturated rings. The van der Waals surface area contributed by atoms with Gasteiger partial charge in [-0.25, -0.2) is 0 Å². The van der Waals surface area contributed by atoms with E-state index in [-0.39, 0.29) is 11.9 Å². The van der Waals surface area contributed by atoms with Gasteiger partial charge in [0.15, 0.2) is 5.78 Å². The normalized spacial score (nSPS) is 16.4. The van der Waals surface area contributed by atoms with Gasteiger partial charge in [-0.15, -0.1) is 0 Å². The Labute approximate surface area is 121 Å². The zero-order valence-corrected chi connectivity index (χ0v) is 12.4. The summed E-state index contributed by atoms with van der Waals surface area (Å²) >= 11 is 0. The lowest BCUT2D eigenvalue weighted by Gasteiger charge is -2.26. The van der Waals surface area contributed by atoms with Gasteiger partial charge in [0, 0.05) is 44.7 Å². The Morgan fingerprint density at radius 3 is 2.50 bits per heavy atom. The van der Waals surface area contributed by atoms with Crippen LogP contribution < -0.4 is 10.1 Å². The molecule has 0 radical (unpaired) electrons. The number of Topliss-reactive ketones (excluding diaryl/α,β-unsaturated/α-hetero) is 1. The molecule has 2 rings (SSSR count). The van der Waals surface area contributed by atoms with Gasteiger partial charge in [-0.05, 0) is 38.1 Å². The Hall–Kier alpha value is -1.39. The van der Waals surface area contributed by atoms with Crippen LogP contribution in [0, 0.1) is 0 Å². The third kappa shape index (κ3) is 4.62. The third-order valence-corrected chi connectivity index (χ3v) is 3.41. The predicted molar refractivity (Wildman–Crippen MR) is 80.5 cm³/mol. The Morgan fingerprint density at radius 2 is 1.90 bits per heavy atom. The first-order valence-corrected chi connectivity index (χ1v) is 7.38. The second-order valence-corrected chi connectivity index (χ2v) is 5.46. The molecule has 0 saturated carbocycles. The van der Waals surface area contributed by atoms with Gasteiger partial charge in [0.1, 0.15) is 5.75 Å². The van der Waals surface area contributed by atoms with Gasteiger partial charge >= 0.3 is 0 Å². The molecular formula is C16H24N2O2. The molecule has 0 spiro atoms. The van der Waals surface area contributed by atoms with E-state index in [1.165, 1.54) is 0 Å². The van der Waals surface area contributed by atoms with Crippen molar-refractivity contribution in [2.45, 2.75) is 26.4 Å². The Morgan fingerprint density at radius 1 is 1.25 bits per heavy atom. The first kappa shape index (κ1) is 15.0. The fourth-order valence-corrected chi connectivity index (χ4v) is 2.33. The summed E-state index contributed by atoms with van der Waals surface area (Å²) in [5, 5.41) is 3.32. The largest absolute Gasteiger partial charge is 0.491 e. The molecule has 0 unspecified atom stereocenters. The van der Waals surface area contributed by atoms with Crippen molar-refractivity contribution in [1.29, 1.82) is 0 Å². The summed E-state index contributed by atoms with van der Waals surface area (Å²) in [6.45, 7) is 8.96. The number of ether oxygens (including phenoxy) is 1. The summed E-state index contributed by atoms with van der Waals surface area (Å²) in [7, 11) is 0. The number of piperazine rings is 1. The number of nitrogens with zero attached hydrogens (tertiary/aromatic N) is 1. The minimum absolute atomic E-state index is 0.157. The van der Waals surface area contributed by atoms with Gasteiger partial charge in [-0.1, -0.05) is 0 Å². The molecule has 4 nitrogen and oxygen atoms in total. The molecule has 0 aromatic heterocycles. The van der Waals surface area contributed by atoms with Gasteiger partial charge < -0.3 is 15.0 Å². The quantitative estimate of drug-likeness (QED) is 0.806. The molecule has 20 heavy (non-hydrogen) atoms. The van der Waals surface area contributed by atoms with Crippen molar-refractivity contribution in [1.82, 2.24) is 10.2 Å². The van der Waals surface area contributed by atoms with Crippen molar-refractivity contribution in [2.24, 2.45) is 0 Å². The SMILES string of the molecule is CC(C)Oc1ccc(C(=O)CCN2CCNCC2)cc1. The van der Waals surface area contributed by atoms with Crippen LogP contribution in [0.2, 0.25) is 0 Å². The second-order valence-electron chi connectivity index (χ2n) is 5.46. The standard InChI is InChI=1S/C16H24N2O2/c1-13(2)20-15-5-3-14(4-6-15)16(19)7-10-18-11-8-17-9-12-18/h3-6,13,17H,7-12H2,1-2H3. The molecule has 110 valence electrons. The van der Waals surface area contributed by atoms with Crippen molar-refractivity contribution < 1.29 is 9.53 Å². The van der Waals surface area contributed by atoms with Crippen LogP contribution >= 0.6 is 0 Å². The molecule has 0 atom stereocenters. The van der Waals surface area contributed by atoms with E-state index in [0.717, 1.165) is 44.0 Å². The summed E-state index contributed by atoms with van der Waals surface area (Å²) in [4.78, 5) is 14.5. The summed E-state index contributed by atoms with van der Waals surface area (Å²) in [5.41, 5.74) is 0.774. The molecular weight excluding hydrogens is 252 g/mol. The highest BCUT2D eigenvalue weighted by molar-refractivity contribution is 5.96. The molecule has 1 saturated heterocycles. The van der Waals surface area contributed by atoms with E-state index < -0.39 is 0 Å². The molecule has 1 aliphatic heterocycles. The number of benzene rings is 1. The zero-order valence-electron chi connectivity index (χ0n) is 12.4. The summed E-state index contributed by atoms with van der Waals surface area (Å²) < 4.78 is 5.58. The number of ketones is 1. The van der Waals surface area contributed by atoms with Crippen LogP contribution in [0.25, 0.3) is 0 Å². The second kappa shape index (κ2) is 7.41. The van der Waals surface area contributed by atoms with Gasteiger partial charge in [-0.3, -0.25) is 4.79 Å². The lowest BCUT2D eigenvalue weighted by atomic mass is 10.1. The molecule has 1 heterocycles.